The summed E-state index contributed by atoms with van der Waals surface area (Å²) in [4.78, 5) is 27.0. The first-order valence-corrected chi connectivity index (χ1v) is 6.09. The number of aromatic nitrogens is 1. The van der Waals surface area contributed by atoms with Crippen molar-refractivity contribution in [2.75, 3.05) is 33.3 Å². The molecule has 0 spiro atoms. The molecule has 2 heterocycles. The van der Waals surface area contributed by atoms with Crippen molar-refractivity contribution in [1.82, 2.24) is 15.0 Å². The standard InChI is InChI=1S/C12H17N3O4/c1-8-10(9(2)19-13-8)11(16)14-4-6-15(7-5-14)12(17)18-3/h4-7H2,1-3H3. The number of methoxy groups -OCH3 is 1. The van der Waals surface area contributed by atoms with Crippen LogP contribution < -0.4 is 0 Å². The predicted molar refractivity (Wildman–Crippen MR) is 65.9 cm³/mol. The van der Waals surface area contributed by atoms with Crippen molar-refractivity contribution in [3.8, 4) is 0 Å². The van der Waals surface area contributed by atoms with Crippen molar-refractivity contribution in [1.29, 1.82) is 0 Å². The quantitative estimate of drug-likeness (QED) is 0.752. The molecule has 2 rings (SSSR count). The zero-order valence-electron chi connectivity index (χ0n) is 11.3. The highest BCUT2D eigenvalue weighted by Crippen LogP contribution is 2.16. The van der Waals surface area contributed by atoms with E-state index in [9.17, 15) is 9.59 Å². The van der Waals surface area contributed by atoms with E-state index >= 15 is 0 Å². The van der Waals surface area contributed by atoms with Crippen LogP contribution >= 0.6 is 0 Å². The average Bonchev–Trinajstić information content (AvgIpc) is 2.77. The normalized spacial score (nSPS) is 15.5. The molecule has 1 fully saturated rings. The maximum Gasteiger partial charge on any atom is 0.409 e. The van der Waals surface area contributed by atoms with Gasteiger partial charge in [-0.25, -0.2) is 4.79 Å². The molecule has 0 unspecified atom stereocenters. The average molecular weight is 267 g/mol. The zero-order valence-corrected chi connectivity index (χ0v) is 11.3. The van der Waals surface area contributed by atoms with Crippen LogP contribution in [-0.2, 0) is 4.74 Å². The summed E-state index contributed by atoms with van der Waals surface area (Å²) < 4.78 is 9.66. The second-order valence-electron chi connectivity index (χ2n) is 4.45. The van der Waals surface area contributed by atoms with Crippen LogP contribution in [0.4, 0.5) is 4.79 Å². The Balaban J connectivity index is 2.02. The van der Waals surface area contributed by atoms with Gasteiger partial charge in [-0.05, 0) is 13.8 Å². The number of carbonyl (C=O) groups is 2. The first kappa shape index (κ1) is 13.4. The topological polar surface area (TPSA) is 75.9 Å². The Morgan fingerprint density at radius 2 is 1.74 bits per heavy atom. The van der Waals surface area contributed by atoms with Crippen molar-refractivity contribution in [3.63, 3.8) is 0 Å². The lowest BCUT2D eigenvalue weighted by molar-refractivity contribution is 0.0597. The van der Waals surface area contributed by atoms with Gasteiger partial charge in [0.1, 0.15) is 11.3 Å². The highest BCUT2D eigenvalue weighted by Gasteiger charge is 2.28. The molecule has 1 aliphatic rings. The van der Waals surface area contributed by atoms with Gasteiger partial charge in [0, 0.05) is 26.2 Å². The Kier molecular flexibility index (Phi) is 3.73. The maximum absolute atomic E-state index is 12.3. The second-order valence-corrected chi connectivity index (χ2v) is 4.45. The fourth-order valence-electron chi connectivity index (χ4n) is 2.17. The molecule has 0 radical (unpaired) electrons. The Labute approximate surface area is 111 Å². The van der Waals surface area contributed by atoms with E-state index < -0.39 is 0 Å². The number of aryl methyl sites for hydroxylation is 2. The monoisotopic (exact) mass is 267 g/mol. The van der Waals surface area contributed by atoms with Crippen LogP contribution in [0.5, 0.6) is 0 Å². The molecule has 19 heavy (non-hydrogen) atoms. The van der Waals surface area contributed by atoms with Gasteiger partial charge >= 0.3 is 6.09 Å². The number of hydrogen-bond donors (Lipinski definition) is 0. The van der Waals surface area contributed by atoms with Gasteiger partial charge in [0.15, 0.2) is 0 Å². The molecule has 1 aromatic heterocycles. The van der Waals surface area contributed by atoms with Gasteiger partial charge in [-0.15, -0.1) is 0 Å². The third-order valence-corrected chi connectivity index (χ3v) is 3.25. The minimum Gasteiger partial charge on any atom is -0.453 e. The Morgan fingerprint density at radius 3 is 2.21 bits per heavy atom. The molecule has 0 aliphatic carbocycles. The summed E-state index contributed by atoms with van der Waals surface area (Å²) >= 11 is 0. The third kappa shape index (κ3) is 2.54. The maximum atomic E-state index is 12.3. The Hall–Kier alpha value is -2.05. The fraction of sp³-hybridized carbons (Fsp3) is 0.583. The summed E-state index contributed by atoms with van der Waals surface area (Å²) in [7, 11) is 1.35. The minimum absolute atomic E-state index is 0.0965. The third-order valence-electron chi connectivity index (χ3n) is 3.25. The molecule has 0 bridgehead atoms. The molecule has 7 heteroatoms. The van der Waals surface area contributed by atoms with Crippen LogP contribution in [0.3, 0.4) is 0 Å². The number of piperazine rings is 1. The van der Waals surface area contributed by atoms with Crippen LogP contribution in [0.25, 0.3) is 0 Å². The number of nitrogens with zero attached hydrogens (tertiary/aromatic N) is 3. The molecule has 0 saturated carbocycles. The largest absolute Gasteiger partial charge is 0.453 e. The lowest BCUT2D eigenvalue weighted by atomic mass is 10.1. The van der Waals surface area contributed by atoms with E-state index in [2.05, 4.69) is 9.89 Å². The molecule has 1 aromatic rings. The molecule has 0 atom stereocenters. The number of rotatable bonds is 1. The summed E-state index contributed by atoms with van der Waals surface area (Å²) in [5.74, 6) is 0.429. The van der Waals surface area contributed by atoms with Gasteiger partial charge in [0.05, 0.1) is 12.8 Å². The van der Waals surface area contributed by atoms with Gasteiger partial charge < -0.3 is 19.1 Å². The highest BCUT2D eigenvalue weighted by atomic mass is 16.5. The predicted octanol–water partition coefficient (Wildman–Crippen LogP) is 0.816. The van der Waals surface area contributed by atoms with Gasteiger partial charge in [-0.1, -0.05) is 5.16 Å². The fourth-order valence-corrected chi connectivity index (χ4v) is 2.17. The summed E-state index contributed by atoms with van der Waals surface area (Å²) in [6, 6.07) is 0. The van der Waals surface area contributed by atoms with Crippen molar-refractivity contribution < 1.29 is 18.8 Å². The van der Waals surface area contributed by atoms with Crippen LogP contribution in [0.15, 0.2) is 4.52 Å². The lowest BCUT2D eigenvalue weighted by Gasteiger charge is -2.33. The lowest BCUT2D eigenvalue weighted by Crippen LogP contribution is -2.50. The van der Waals surface area contributed by atoms with Crippen LogP contribution in [0, 0.1) is 13.8 Å². The van der Waals surface area contributed by atoms with Crippen molar-refractivity contribution in [2.45, 2.75) is 13.8 Å². The molecular weight excluding hydrogens is 250 g/mol. The van der Waals surface area contributed by atoms with Gasteiger partial charge in [0.2, 0.25) is 0 Å². The molecule has 2 amide bonds. The number of hydrogen-bond acceptors (Lipinski definition) is 5. The van der Waals surface area contributed by atoms with Crippen LogP contribution in [-0.4, -0.2) is 60.2 Å². The van der Waals surface area contributed by atoms with Crippen molar-refractivity contribution in [3.05, 3.63) is 17.0 Å². The van der Waals surface area contributed by atoms with Gasteiger partial charge in [0.25, 0.3) is 5.91 Å². The summed E-state index contributed by atoms with van der Waals surface area (Å²) in [5, 5.41) is 3.78. The Morgan fingerprint density at radius 1 is 1.16 bits per heavy atom. The Bertz CT molecular complexity index is 470. The second kappa shape index (κ2) is 5.29. The number of ether oxygens (including phenoxy) is 1. The first-order chi connectivity index (χ1) is 9.04. The first-order valence-electron chi connectivity index (χ1n) is 6.09. The zero-order chi connectivity index (χ0) is 14.0. The molecule has 0 N–H and O–H groups in total. The van der Waals surface area contributed by atoms with Crippen LogP contribution in [0.1, 0.15) is 21.8 Å². The van der Waals surface area contributed by atoms with E-state index in [1.165, 1.54) is 7.11 Å². The number of amides is 2. The highest BCUT2D eigenvalue weighted by molar-refractivity contribution is 5.96. The van der Waals surface area contributed by atoms with Gasteiger partial charge in [-0.2, -0.15) is 0 Å². The summed E-state index contributed by atoms with van der Waals surface area (Å²) in [5.41, 5.74) is 1.12. The molecular formula is C12H17N3O4. The smallest absolute Gasteiger partial charge is 0.409 e. The number of carbonyl (C=O) groups excluding carboxylic acids is 2. The van der Waals surface area contributed by atoms with Crippen molar-refractivity contribution in [2.24, 2.45) is 0 Å². The minimum atomic E-state index is -0.357. The molecule has 7 nitrogen and oxygen atoms in total. The summed E-state index contributed by atoms with van der Waals surface area (Å²) in [6.45, 7) is 5.38. The molecule has 1 saturated heterocycles. The van der Waals surface area contributed by atoms with E-state index in [4.69, 9.17) is 4.52 Å². The summed E-state index contributed by atoms with van der Waals surface area (Å²) in [6.07, 6.45) is -0.357. The van der Waals surface area contributed by atoms with E-state index in [0.717, 1.165) is 0 Å². The van der Waals surface area contributed by atoms with E-state index in [1.807, 2.05) is 0 Å². The van der Waals surface area contributed by atoms with Crippen LogP contribution in [0.2, 0.25) is 0 Å². The molecule has 1 aliphatic heterocycles. The SMILES string of the molecule is COC(=O)N1CCN(C(=O)c2c(C)noc2C)CC1. The molecule has 0 aromatic carbocycles. The van der Waals surface area contributed by atoms with Crippen molar-refractivity contribution >= 4 is 12.0 Å². The molecule has 104 valence electrons. The van der Waals surface area contributed by atoms with E-state index in [1.54, 1.807) is 23.6 Å². The van der Waals surface area contributed by atoms with Gasteiger partial charge in [-0.3, -0.25) is 4.79 Å². The van der Waals surface area contributed by atoms with E-state index in [0.29, 0.717) is 43.2 Å². The van der Waals surface area contributed by atoms with E-state index in [-0.39, 0.29) is 12.0 Å².